The largest absolute Gasteiger partial charge is 0.356 e. The average Bonchev–Trinajstić information content (AvgIpc) is 2.93. The highest BCUT2D eigenvalue weighted by molar-refractivity contribution is 6.17. The molecule has 0 bridgehead atoms. The molecule has 0 fully saturated rings. The number of anilines is 1. The maximum absolute atomic E-state index is 13.5. The molecule has 180 valence electrons. The fraction of sp³-hybridized carbons (Fsp3) is 0.222. The third kappa shape index (κ3) is 5.27. The van der Waals surface area contributed by atoms with Crippen LogP contribution in [0.5, 0.6) is 0 Å². The van der Waals surface area contributed by atoms with E-state index in [2.05, 4.69) is 5.32 Å². The maximum atomic E-state index is 13.5. The van der Waals surface area contributed by atoms with Gasteiger partial charge in [0.1, 0.15) is 23.8 Å². The minimum atomic E-state index is -0.968. The Kier molecular flexibility index (Phi) is 7.02. The SMILES string of the molecule is CC(NC(=O)Cc1cc(F)cc(F)c1)C(=O)C1N=C(c2ccccc2)c2ccccc2N(C)[C@@H]1N. The van der Waals surface area contributed by atoms with Crippen LogP contribution in [-0.4, -0.2) is 42.7 Å². The highest BCUT2D eigenvalue weighted by atomic mass is 19.1. The molecule has 3 aromatic carbocycles. The minimum absolute atomic E-state index is 0.172. The second-order valence-corrected chi connectivity index (χ2v) is 8.55. The number of para-hydroxylation sites is 1. The van der Waals surface area contributed by atoms with Crippen LogP contribution in [-0.2, 0) is 16.0 Å². The van der Waals surface area contributed by atoms with Crippen LogP contribution in [0.25, 0.3) is 0 Å². The van der Waals surface area contributed by atoms with E-state index in [9.17, 15) is 18.4 Å². The summed E-state index contributed by atoms with van der Waals surface area (Å²) in [6.45, 7) is 1.55. The lowest BCUT2D eigenvalue weighted by Crippen LogP contribution is -2.55. The molecule has 0 aromatic heterocycles. The van der Waals surface area contributed by atoms with Gasteiger partial charge in [0, 0.05) is 29.9 Å². The van der Waals surface area contributed by atoms with Crippen LogP contribution in [0.3, 0.4) is 0 Å². The summed E-state index contributed by atoms with van der Waals surface area (Å²) in [6, 6.07) is 18.2. The number of rotatable bonds is 6. The van der Waals surface area contributed by atoms with Crippen LogP contribution in [0.1, 0.15) is 23.6 Å². The Morgan fingerprint density at radius 1 is 1.03 bits per heavy atom. The van der Waals surface area contributed by atoms with Gasteiger partial charge in [-0.15, -0.1) is 0 Å². The van der Waals surface area contributed by atoms with Crippen molar-refractivity contribution >= 4 is 23.1 Å². The standard InChI is InChI=1S/C27H26F2N4O2/c1-16(31-23(34)14-17-12-19(28)15-20(29)13-17)26(35)25-27(30)33(2)22-11-7-6-10-21(22)24(32-25)18-8-4-3-5-9-18/h3-13,15-16,25,27H,14,30H2,1-2H3,(H,31,34)/t16?,25?,27-/m0/s1. The van der Waals surface area contributed by atoms with E-state index in [-0.39, 0.29) is 17.8 Å². The fourth-order valence-electron chi connectivity index (χ4n) is 4.22. The average molecular weight is 477 g/mol. The molecule has 8 heteroatoms. The van der Waals surface area contributed by atoms with Crippen molar-refractivity contribution < 1.29 is 18.4 Å². The van der Waals surface area contributed by atoms with Crippen molar-refractivity contribution in [3.8, 4) is 0 Å². The first-order valence-corrected chi connectivity index (χ1v) is 11.2. The number of nitrogens with one attached hydrogen (secondary N) is 1. The van der Waals surface area contributed by atoms with Gasteiger partial charge in [0.05, 0.1) is 18.2 Å². The summed E-state index contributed by atoms with van der Waals surface area (Å²) in [5.41, 5.74) is 9.83. The van der Waals surface area contributed by atoms with Crippen LogP contribution < -0.4 is 16.0 Å². The summed E-state index contributed by atoms with van der Waals surface area (Å²) in [4.78, 5) is 32.6. The number of ketones is 1. The molecule has 2 unspecified atom stereocenters. The van der Waals surface area contributed by atoms with Crippen LogP contribution in [0.15, 0.2) is 77.8 Å². The Balaban J connectivity index is 1.61. The van der Waals surface area contributed by atoms with Crippen molar-refractivity contribution in [1.29, 1.82) is 0 Å². The molecule has 4 rings (SSSR count). The van der Waals surface area contributed by atoms with E-state index >= 15 is 0 Å². The summed E-state index contributed by atoms with van der Waals surface area (Å²) >= 11 is 0. The molecule has 0 saturated carbocycles. The number of fused-ring (bicyclic) bond motifs is 1. The fourth-order valence-corrected chi connectivity index (χ4v) is 4.22. The number of carbonyl (C=O) groups is 2. The first kappa shape index (κ1) is 24.2. The molecule has 1 amide bonds. The number of likely N-dealkylation sites (N-methyl/N-ethyl adjacent to an activating group) is 1. The molecular formula is C27H26F2N4O2. The third-order valence-corrected chi connectivity index (χ3v) is 6.01. The number of hydrogen-bond acceptors (Lipinski definition) is 5. The first-order valence-electron chi connectivity index (χ1n) is 11.2. The van der Waals surface area contributed by atoms with Crippen molar-refractivity contribution in [2.24, 2.45) is 10.7 Å². The van der Waals surface area contributed by atoms with Gasteiger partial charge in [-0.05, 0) is 30.7 Å². The minimum Gasteiger partial charge on any atom is -0.356 e. The zero-order chi connectivity index (χ0) is 25.1. The van der Waals surface area contributed by atoms with Gasteiger partial charge in [-0.1, -0.05) is 48.5 Å². The number of amides is 1. The van der Waals surface area contributed by atoms with E-state index in [1.165, 1.54) is 0 Å². The van der Waals surface area contributed by atoms with Gasteiger partial charge in [0.25, 0.3) is 0 Å². The van der Waals surface area contributed by atoms with Crippen molar-refractivity contribution in [1.82, 2.24) is 5.32 Å². The van der Waals surface area contributed by atoms with Gasteiger partial charge in [-0.3, -0.25) is 14.6 Å². The van der Waals surface area contributed by atoms with Crippen LogP contribution in [0, 0.1) is 11.6 Å². The molecule has 1 aliphatic rings. The molecular weight excluding hydrogens is 450 g/mol. The number of nitrogens with zero attached hydrogens (tertiary/aromatic N) is 2. The second-order valence-electron chi connectivity index (χ2n) is 8.55. The first-order chi connectivity index (χ1) is 16.7. The van der Waals surface area contributed by atoms with E-state index in [1.807, 2.05) is 54.6 Å². The smallest absolute Gasteiger partial charge is 0.224 e. The number of halogens is 2. The number of aliphatic imine (C=N–C) groups is 1. The van der Waals surface area contributed by atoms with Gasteiger partial charge in [-0.25, -0.2) is 8.78 Å². The van der Waals surface area contributed by atoms with Crippen LogP contribution in [0.4, 0.5) is 14.5 Å². The lowest BCUT2D eigenvalue weighted by molar-refractivity contribution is -0.127. The monoisotopic (exact) mass is 476 g/mol. The molecule has 3 aromatic rings. The lowest BCUT2D eigenvalue weighted by Gasteiger charge is -2.30. The summed E-state index contributed by atoms with van der Waals surface area (Å²) in [5.74, 6) is -2.45. The third-order valence-electron chi connectivity index (χ3n) is 6.01. The number of benzene rings is 3. The predicted octanol–water partition coefficient (Wildman–Crippen LogP) is 3.22. The highest BCUT2D eigenvalue weighted by Gasteiger charge is 2.36. The van der Waals surface area contributed by atoms with Gasteiger partial charge in [0.2, 0.25) is 5.91 Å². The summed E-state index contributed by atoms with van der Waals surface area (Å²) in [6.07, 6.45) is -1.05. The zero-order valence-corrected chi connectivity index (χ0v) is 19.4. The molecule has 1 heterocycles. The lowest BCUT2D eigenvalue weighted by atomic mass is 10.00. The molecule has 0 spiro atoms. The number of hydrogen-bond donors (Lipinski definition) is 2. The van der Waals surface area contributed by atoms with Gasteiger partial charge >= 0.3 is 0 Å². The quantitative estimate of drug-likeness (QED) is 0.572. The normalized spacial score (nSPS) is 18.2. The molecule has 0 aliphatic carbocycles. The van der Waals surface area contributed by atoms with E-state index in [0.29, 0.717) is 5.71 Å². The zero-order valence-electron chi connectivity index (χ0n) is 19.4. The van der Waals surface area contributed by atoms with Crippen LogP contribution in [0.2, 0.25) is 0 Å². The number of carbonyl (C=O) groups excluding carboxylic acids is 2. The summed E-state index contributed by atoms with van der Waals surface area (Å²) in [5, 5.41) is 2.62. The van der Waals surface area contributed by atoms with Crippen LogP contribution >= 0.6 is 0 Å². The number of Topliss-reactive ketones (excluding diaryl/α,β-unsaturated/α-hetero) is 1. The highest BCUT2D eigenvalue weighted by Crippen LogP contribution is 2.29. The van der Waals surface area contributed by atoms with Gasteiger partial charge in [-0.2, -0.15) is 0 Å². The Bertz CT molecular complexity index is 1260. The second kappa shape index (κ2) is 10.1. The Labute approximate surface area is 202 Å². The molecule has 0 saturated heterocycles. The molecule has 0 radical (unpaired) electrons. The molecule has 1 aliphatic heterocycles. The van der Waals surface area contributed by atoms with Crippen molar-refractivity contribution in [3.05, 3.63) is 101 Å². The summed E-state index contributed by atoms with van der Waals surface area (Å²) < 4.78 is 26.9. The molecule has 6 nitrogen and oxygen atoms in total. The predicted molar refractivity (Wildman–Crippen MR) is 131 cm³/mol. The Hall–Kier alpha value is -3.91. The van der Waals surface area contributed by atoms with Gasteiger partial charge in [0.15, 0.2) is 5.78 Å². The van der Waals surface area contributed by atoms with E-state index in [1.54, 1.807) is 18.9 Å². The maximum Gasteiger partial charge on any atom is 0.224 e. The van der Waals surface area contributed by atoms with Crippen molar-refractivity contribution in [2.75, 3.05) is 11.9 Å². The van der Waals surface area contributed by atoms with E-state index in [4.69, 9.17) is 10.7 Å². The number of nitrogens with two attached hydrogens (primary N) is 1. The topological polar surface area (TPSA) is 87.8 Å². The summed E-state index contributed by atoms with van der Waals surface area (Å²) in [7, 11) is 1.80. The molecule has 35 heavy (non-hydrogen) atoms. The Morgan fingerprint density at radius 2 is 1.66 bits per heavy atom. The van der Waals surface area contributed by atoms with E-state index in [0.717, 1.165) is 35.0 Å². The van der Waals surface area contributed by atoms with Gasteiger partial charge < -0.3 is 16.0 Å². The van der Waals surface area contributed by atoms with Crippen molar-refractivity contribution in [2.45, 2.75) is 31.6 Å². The molecule has 3 atom stereocenters. The van der Waals surface area contributed by atoms with Crippen molar-refractivity contribution in [3.63, 3.8) is 0 Å². The number of benzodiazepines with no additional fused rings is 1. The molecule has 3 N–H and O–H groups in total. The Morgan fingerprint density at radius 3 is 2.34 bits per heavy atom. The van der Waals surface area contributed by atoms with E-state index < -0.39 is 35.8 Å².